The molecule has 2 aromatic heterocycles. The monoisotopic (exact) mass is 275 g/mol. The average molecular weight is 275 g/mol. The second-order valence-electron chi connectivity index (χ2n) is 4.91. The molecule has 1 saturated heterocycles. The van der Waals surface area contributed by atoms with Crippen LogP contribution < -0.4 is 4.90 Å². The fraction of sp³-hybridized carbons (Fsp3) is 0.417. The Kier molecular flexibility index (Phi) is 2.66. The SMILES string of the molecule is Cc1cc(C)n2nc(N3CC(C(=O)O)CC3=O)nc2n1. The van der Waals surface area contributed by atoms with Crippen molar-refractivity contribution in [1.82, 2.24) is 19.6 Å². The lowest BCUT2D eigenvalue weighted by atomic mass is 10.1. The van der Waals surface area contributed by atoms with Crippen molar-refractivity contribution in [3.63, 3.8) is 0 Å². The summed E-state index contributed by atoms with van der Waals surface area (Å²) < 4.78 is 1.55. The van der Waals surface area contributed by atoms with Gasteiger partial charge in [-0.3, -0.25) is 14.5 Å². The van der Waals surface area contributed by atoms with Gasteiger partial charge in [0.25, 0.3) is 11.7 Å². The number of anilines is 1. The zero-order valence-corrected chi connectivity index (χ0v) is 11.1. The third-order valence-corrected chi connectivity index (χ3v) is 3.32. The van der Waals surface area contributed by atoms with E-state index < -0.39 is 11.9 Å². The van der Waals surface area contributed by atoms with Gasteiger partial charge in [0.2, 0.25) is 5.91 Å². The quantitative estimate of drug-likeness (QED) is 0.839. The molecule has 0 bridgehead atoms. The van der Waals surface area contributed by atoms with E-state index in [1.54, 1.807) is 4.52 Å². The van der Waals surface area contributed by atoms with Gasteiger partial charge in [-0.2, -0.15) is 9.50 Å². The Hall–Kier alpha value is -2.51. The number of carbonyl (C=O) groups is 2. The van der Waals surface area contributed by atoms with Gasteiger partial charge in [0.15, 0.2) is 0 Å². The summed E-state index contributed by atoms with van der Waals surface area (Å²) in [7, 11) is 0. The number of hydrogen-bond acceptors (Lipinski definition) is 5. The van der Waals surface area contributed by atoms with Crippen LogP contribution >= 0.6 is 0 Å². The smallest absolute Gasteiger partial charge is 0.308 e. The van der Waals surface area contributed by atoms with E-state index in [2.05, 4.69) is 15.1 Å². The zero-order valence-electron chi connectivity index (χ0n) is 11.1. The normalized spacial score (nSPS) is 19.0. The molecule has 0 spiro atoms. The molecule has 0 saturated carbocycles. The summed E-state index contributed by atoms with van der Waals surface area (Å²) in [4.78, 5) is 32.6. The first kappa shape index (κ1) is 12.5. The lowest BCUT2D eigenvalue weighted by Gasteiger charge is -2.09. The Labute approximate surface area is 114 Å². The minimum Gasteiger partial charge on any atom is -0.481 e. The molecule has 3 rings (SSSR count). The number of aryl methyl sites for hydroxylation is 2. The van der Waals surface area contributed by atoms with Crippen LogP contribution in [0.1, 0.15) is 17.8 Å². The predicted molar refractivity (Wildman–Crippen MR) is 68.4 cm³/mol. The molecular formula is C12H13N5O3. The van der Waals surface area contributed by atoms with Gasteiger partial charge in [0.1, 0.15) is 0 Å². The molecule has 1 amide bonds. The molecule has 1 aliphatic rings. The fourth-order valence-corrected chi connectivity index (χ4v) is 2.34. The van der Waals surface area contributed by atoms with E-state index in [9.17, 15) is 9.59 Å². The van der Waals surface area contributed by atoms with Crippen LogP contribution in [0.2, 0.25) is 0 Å². The van der Waals surface area contributed by atoms with Gasteiger partial charge >= 0.3 is 5.97 Å². The van der Waals surface area contributed by atoms with Crippen LogP contribution in [0.5, 0.6) is 0 Å². The van der Waals surface area contributed by atoms with E-state index in [0.29, 0.717) is 5.78 Å². The molecular weight excluding hydrogens is 262 g/mol. The highest BCUT2D eigenvalue weighted by atomic mass is 16.4. The van der Waals surface area contributed by atoms with Gasteiger partial charge in [-0.25, -0.2) is 4.98 Å². The molecule has 0 aromatic carbocycles. The molecule has 0 aliphatic carbocycles. The fourth-order valence-electron chi connectivity index (χ4n) is 2.34. The van der Waals surface area contributed by atoms with E-state index >= 15 is 0 Å². The molecule has 1 unspecified atom stereocenters. The van der Waals surface area contributed by atoms with Gasteiger partial charge in [0.05, 0.1) is 5.92 Å². The first-order valence-electron chi connectivity index (χ1n) is 6.20. The molecule has 1 fully saturated rings. The summed E-state index contributed by atoms with van der Waals surface area (Å²) >= 11 is 0. The summed E-state index contributed by atoms with van der Waals surface area (Å²) in [6.07, 6.45) is -0.0175. The van der Waals surface area contributed by atoms with Gasteiger partial charge in [-0.05, 0) is 19.9 Å². The van der Waals surface area contributed by atoms with Crippen LogP contribution in [-0.2, 0) is 9.59 Å². The van der Waals surface area contributed by atoms with Crippen molar-refractivity contribution in [2.24, 2.45) is 5.92 Å². The molecule has 3 heterocycles. The highest BCUT2D eigenvalue weighted by molar-refractivity contribution is 5.97. The predicted octanol–water partition coefficient (Wildman–Crippen LogP) is 0.179. The van der Waals surface area contributed by atoms with Crippen LogP contribution in [-0.4, -0.2) is 43.1 Å². The first-order chi connectivity index (χ1) is 9.45. The molecule has 20 heavy (non-hydrogen) atoms. The van der Waals surface area contributed by atoms with Crippen LogP contribution in [0, 0.1) is 19.8 Å². The third kappa shape index (κ3) is 1.89. The number of hydrogen-bond donors (Lipinski definition) is 1. The van der Waals surface area contributed by atoms with Crippen molar-refractivity contribution in [2.45, 2.75) is 20.3 Å². The number of nitrogens with zero attached hydrogens (tertiary/aromatic N) is 5. The summed E-state index contributed by atoms with van der Waals surface area (Å²) in [6.45, 7) is 3.82. The van der Waals surface area contributed by atoms with Crippen molar-refractivity contribution in [2.75, 3.05) is 11.4 Å². The topological polar surface area (TPSA) is 101 Å². The van der Waals surface area contributed by atoms with E-state index in [0.717, 1.165) is 11.4 Å². The van der Waals surface area contributed by atoms with Gasteiger partial charge in [0, 0.05) is 24.4 Å². The maximum Gasteiger partial charge on any atom is 0.308 e. The Morgan fingerprint density at radius 1 is 1.40 bits per heavy atom. The summed E-state index contributed by atoms with van der Waals surface area (Å²) in [5.41, 5.74) is 1.66. The molecule has 8 heteroatoms. The molecule has 0 radical (unpaired) electrons. The molecule has 1 aliphatic heterocycles. The molecule has 8 nitrogen and oxygen atoms in total. The maximum atomic E-state index is 11.9. The summed E-state index contributed by atoms with van der Waals surface area (Å²) in [5, 5.41) is 13.2. The number of carbonyl (C=O) groups excluding carboxylic acids is 1. The lowest BCUT2D eigenvalue weighted by molar-refractivity contribution is -0.141. The number of aromatic nitrogens is 4. The summed E-state index contributed by atoms with van der Waals surface area (Å²) in [5.74, 6) is -1.34. The van der Waals surface area contributed by atoms with Crippen molar-refractivity contribution < 1.29 is 14.7 Å². The number of amides is 1. The molecule has 1 N–H and O–H groups in total. The van der Waals surface area contributed by atoms with E-state index in [-0.39, 0.29) is 24.8 Å². The maximum absolute atomic E-state index is 11.9. The third-order valence-electron chi connectivity index (χ3n) is 3.32. The van der Waals surface area contributed by atoms with Crippen molar-refractivity contribution >= 4 is 23.6 Å². The lowest BCUT2D eigenvalue weighted by Crippen LogP contribution is -2.26. The Morgan fingerprint density at radius 3 is 2.80 bits per heavy atom. The number of rotatable bonds is 2. The average Bonchev–Trinajstić information content (AvgIpc) is 2.92. The molecule has 1 atom stereocenters. The molecule has 104 valence electrons. The van der Waals surface area contributed by atoms with Crippen molar-refractivity contribution in [1.29, 1.82) is 0 Å². The minimum atomic E-state index is -0.977. The van der Waals surface area contributed by atoms with Crippen LogP contribution in [0.4, 0.5) is 5.95 Å². The largest absolute Gasteiger partial charge is 0.481 e. The Morgan fingerprint density at radius 2 is 2.15 bits per heavy atom. The van der Waals surface area contributed by atoms with Crippen molar-refractivity contribution in [3.8, 4) is 0 Å². The Bertz CT molecular complexity index is 723. The summed E-state index contributed by atoms with van der Waals surface area (Å²) in [6, 6.07) is 1.86. The highest BCUT2D eigenvalue weighted by Crippen LogP contribution is 2.23. The van der Waals surface area contributed by atoms with Crippen molar-refractivity contribution in [3.05, 3.63) is 17.5 Å². The number of aliphatic carboxylic acids is 1. The van der Waals surface area contributed by atoms with Gasteiger partial charge in [-0.15, -0.1) is 5.10 Å². The standard InChI is InChI=1S/C12H13N5O3/c1-6-3-7(2)17-11(13-6)14-12(15-17)16-5-8(10(19)20)4-9(16)18/h3,8H,4-5H2,1-2H3,(H,19,20). The van der Waals surface area contributed by atoms with E-state index in [1.807, 2.05) is 19.9 Å². The van der Waals surface area contributed by atoms with Crippen LogP contribution in [0.15, 0.2) is 6.07 Å². The van der Waals surface area contributed by atoms with E-state index in [4.69, 9.17) is 5.11 Å². The number of carboxylic acid groups (broad SMARTS) is 1. The minimum absolute atomic E-state index is 0.0175. The van der Waals surface area contributed by atoms with Crippen LogP contribution in [0.3, 0.4) is 0 Å². The highest BCUT2D eigenvalue weighted by Gasteiger charge is 2.37. The first-order valence-corrected chi connectivity index (χ1v) is 6.20. The van der Waals surface area contributed by atoms with Gasteiger partial charge in [-0.1, -0.05) is 0 Å². The Balaban J connectivity index is 2.01. The van der Waals surface area contributed by atoms with Crippen LogP contribution in [0.25, 0.3) is 5.78 Å². The zero-order chi connectivity index (χ0) is 14.4. The number of fused-ring (bicyclic) bond motifs is 1. The number of carboxylic acids is 1. The molecule has 2 aromatic rings. The second-order valence-corrected chi connectivity index (χ2v) is 4.91. The second kappa shape index (κ2) is 4.26. The van der Waals surface area contributed by atoms with E-state index in [1.165, 1.54) is 4.90 Å². The van der Waals surface area contributed by atoms with Gasteiger partial charge < -0.3 is 5.11 Å².